The second-order valence-electron chi connectivity index (χ2n) is 4.14. The fourth-order valence-electron chi connectivity index (χ4n) is 1.53. The van der Waals surface area contributed by atoms with Crippen LogP contribution in [0.25, 0.3) is 0 Å². The smallest absolute Gasteiger partial charge is 0.263 e. The summed E-state index contributed by atoms with van der Waals surface area (Å²) in [5.74, 6) is 0.395. The van der Waals surface area contributed by atoms with E-state index in [9.17, 15) is 4.79 Å². The Morgan fingerprint density at radius 2 is 2.14 bits per heavy atom. The monoisotopic (exact) mass is 289 g/mol. The summed E-state index contributed by atoms with van der Waals surface area (Å²) in [6.07, 6.45) is 0. The number of hydrogen-bond acceptors (Lipinski definition) is 7. The van der Waals surface area contributed by atoms with Gasteiger partial charge in [0, 0.05) is 0 Å². The Hall–Kier alpha value is -2.97. The molecule has 0 radical (unpaired) electrons. The summed E-state index contributed by atoms with van der Waals surface area (Å²) in [7, 11) is 1.60. The maximum Gasteiger partial charge on any atom is 0.263 e. The number of nitrogens with one attached hydrogen (secondary N) is 1. The summed E-state index contributed by atoms with van der Waals surface area (Å²) < 4.78 is 5.07. The van der Waals surface area contributed by atoms with Gasteiger partial charge in [0.1, 0.15) is 12.3 Å². The zero-order valence-corrected chi connectivity index (χ0v) is 11.6. The molecule has 2 rings (SSSR count). The number of carbonyl (C=O) groups excluding carboxylic acids is 1. The third-order valence-corrected chi connectivity index (χ3v) is 2.61. The lowest BCUT2D eigenvalue weighted by Gasteiger charge is -2.04. The number of amides is 1. The summed E-state index contributed by atoms with van der Waals surface area (Å²) in [4.78, 5) is 12.7. The number of nitrogens with two attached hydrogens (primary N) is 1. The Kier molecular flexibility index (Phi) is 4.44. The minimum absolute atomic E-state index is 0.0146. The van der Waals surface area contributed by atoms with Crippen LogP contribution in [0.3, 0.4) is 0 Å². The number of rotatable bonds is 5. The Labute approximate surface area is 120 Å². The van der Waals surface area contributed by atoms with E-state index in [-0.39, 0.29) is 18.4 Å². The van der Waals surface area contributed by atoms with Crippen molar-refractivity contribution in [2.45, 2.75) is 13.5 Å². The second kappa shape index (κ2) is 6.46. The molecule has 9 heteroatoms. The molecular weight excluding hydrogens is 274 g/mol. The van der Waals surface area contributed by atoms with Crippen molar-refractivity contribution in [2.24, 2.45) is 5.10 Å². The second-order valence-corrected chi connectivity index (χ2v) is 4.14. The molecule has 0 aliphatic carbocycles. The molecule has 0 saturated carbocycles. The zero-order valence-electron chi connectivity index (χ0n) is 11.6. The van der Waals surface area contributed by atoms with Crippen LogP contribution in [0, 0.1) is 0 Å². The number of ether oxygens (including phenoxy) is 1. The van der Waals surface area contributed by atoms with E-state index in [1.165, 1.54) is 0 Å². The standard InChI is InChI=1S/C12H15N7O2/c1-8(9-3-5-10(21-2)6-4-9)14-15-11(20)7-19-17-12(13)16-18-19/h3-6H,7H2,1-2H3,(H2,13,17)(H,15,20). The predicted molar refractivity (Wildman–Crippen MR) is 75.6 cm³/mol. The van der Waals surface area contributed by atoms with Crippen molar-refractivity contribution in [1.29, 1.82) is 0 Å². The lowest BCUT2D eigenvalue weighted by atomic mass is 10.1. The van der Waals surface area contributed by atoms with E-state index in [0.717, 1.165) is 16.1 Å². The van der Waals surface area contributed by atoms with Crippen LogP contribution in [0.5, 0.6) is 5.75 Å². The van der Waals surface area contributed by atoms with Gasteiger partial charge >= 0.3 is 0 Å². The van der Waals surface area contributed by atoms with Crippen molar-refractivity contribution in [2.75, 3.05) is 12.8 Å². The lowest BCUT2D eigenvalue weighted by molar-refractivity contribution is -0.122. The fraction of sp³-hybridized carbons (Fsp3) is 0.250. The average Bonchev–Trinajstić information content (AvgIpc) is 2.90. The Balaban J connectivity index is 1.94. The van der Waals surface area contributed by atoms with Gasteiger partial charge in [-0.1, -0.05) is 5.10 Å². The number of anilines is 1. The number of hydrazone groups is 1. The van der Waals surface area contributed by atoms with Crippen LogP contribution in [-0.2, 0) is 11.3 Å². The van der Waals surface area contributed by atoms with Gasteiger partial charge in [-0.05, 0) is 42.0 Å². The molecule has 2 aromatic rings. The summed E-state index contributed by atoms with van der Waals surface area (Å²) in [5, 5.41) is 14.8. The van der Waals surface area contributed by atoms with Crippen molar-refractivity contribution in [3.63, 3.8) is 0 Å². The molecule has 0 fully saturated rings. The molecule has 0 aliphatic rings. The van der Waals surface area contributed by atoms with Gasteiger partial charge in [0.15, 0.2) is 0 Å². The number of benzene rings is 1. The van der Waals surface area contributed by atoms with Crippen LogP contribution in [0.1, 0.15) is 12.5 Å². The van der Waals surface area contributed by atoms with Gasteiger partial charge in [-0.25, -0.2) is 5.43 Å². The van der Waals surface area contributed by atoms with Crippen LogP contribution in [-0.4, -0.2) is 38.9 Å². The SMILES string of the molecule is COc1ccc(C(C)=NNC(=O)Cn2nnc(N)n2)cc1. The van der Waals surface area contributed by atoms with E-state index in [0.29, 0.717) is 5.71 Å². The maximum absolute atomic E-state index is 11.7. The zero-order chi connectivity index (χ0) is 15.2. The van der Waals surface area contributed by atoms with Gasteiger partial charge in [-0.3, -0.25) is 4.79 Å². The van der Waals surface area contributed by atoms with Crippen LogP contribution in [0.4, 0.5) is 5.95 Å². The molecule has 0 saturated heterocycles. The summed E-state index contributed by atoms with van der Waals surface area (Å²) in [6.45, 7) is 1.68. The molecule has 0 unspecified atom stereocenters. The molecule has 21 heavy (non-hydrogen) atoms. The van der Waals surface area contributed by atoms with E-state index in [1.807, 2.05) is 24.3 Å². The molecule has 9 nitrogen and oxygen atoms in total. The molecule has 0 spiro atoms. The number of hydrogen-bond donors (Lipinski definition) is 2. The summed E-state index contributed by atoms with van der Waals surface area (Å²) in [6, 6.07) is 7.34. The highest BCUT2D eigenvalue weighted by molar-refractivity contribution is 5.99. The van der Waals surface area contributed by atoms with Crippen LogP contribution >= 0.6 is 0 Å². The summed E-state index contributed by atoms with van der Waals surface area (Å²) in [5.41, 5.74) is 9.25. The number of nitrogen functional groups attached to an aromatic ring is 1. The molecule has 0 bridgehead atoms. The van der Waals surface area contributed by atoms with Crippen LogP contribution in [0.15, 0.2) is 29.4 Å². The van der Waals surface area contributed by atoms with E-state index < -0.39 is 0 Å². The van der Waals surface area contributed by atoms with E-state index in [2.05, 4.69) is 25.9 Å². The summed E-state index contributed by atoms with van der Waals surface area (Å²) >= 11 is 0. The van der Waals surface area contributed by atoms with Gasteiger partial charge in [0.25, 0.3) is 11.9 Å². The predicted octanol–water partition coefficient (Wildman–Crippen LogP) is -0.196. The normalized spacial score (nSPS) is 11.2. The maximum atomic E-state index is 11.7. The highest BCUT2D eigenvalue weighted by atomic mass is 16.5. The quantitative estimate of drug-likeness (QED) is 0.581. The average molecular weight is 289 g/mol. The highest BCUT2D eigenvalue weighted by Crippen LogP contribution is 2.11. The molecule has 1 aromatic heterocycles. The first-order valence-electron chi connectivity index (χ1n) is 6.09. The van der Waals surface area contributed by atoms with E-state index in [1.54, 1.807) is 14.0 Å². The topological polar surface area (TPSA) is 120 Å². The number of aromatic nitrogens is 4. The Morgan fingerprint density at radius 1 is 1.43 bits per heavy atom. The third kappa shape index (κ3) is 4.00. The van der Waals surface area contributed by atoms with Crippen LogP contribution < -0.4 is 15.9 Å². The van der Waals surface area contributed by atoms with Gasteiger partial charge in [0.2, 0.25) is 0 Å². The van der Waals surface area contributed by atoms with Crippen LogP contribution in [0.2, 0.25) is 0 Å². The number of carbonyl (C=O) groups is 1. The highest BCUT2D eigenvalue weighted by Gasteiger charge is 2.05. The number of tetrazole rings is 1. The van der Waals surface area contributed by atoms with Gasteiger partial charge in [-0.2, -0.15) is 9.90 Å². The third-order valence-electron chi connectivity index (χ3n) is 2.61. The molecule has 3 N–H and O–H groups in total. The first-order valence-corrected chi connectivity index (χ1v) is 6.09. The van der Waals surface area contributed by atoms with Crippen molar-refractivity contribution in [3.05, 3.63) is 29.8 Å². The molecule has 110 valence electrons. The Bertz CT molecular complexity index is 648. The van der Waals surface area contributed by atoms with E-state index >= 15 is 0 Å². The minimum atomic E-state index is -0.375. The number of nitrogens with zero attached hydrogens (tertiary/aromatic N) is 5. The Morgan fingerprint density at radius 3 is 2.71 bits per heavy atom. The van der Waals surface area contributed by atoms with Crippen molar-refractivity contribution in [3.8, 4) is 5.75 Å². The van der Waals surface area contributed by atoms with Gasteiger partial charge < -0.3 is 10.5 Å². The largest absolute Gasteiger partial charge is 0.497 e. The van der Waals surface area contributed by atoms with Crippen molar-refractivity contribution in [1.82, 2.24) is 25.6 Å². The molecule has 1 heterocycles. The first-order chi connectivity index (χ1) is 10.1. The van der Waals surface area contributed by atoms with Gasteiger partial charge in [0.05, 0.1) is 12.8 Å². The molecule has 0 atom stereocenters. The molecule has 1 amide bonds. The van der Waals surface area contributed by atoms with Crippen molar-refractivity contribution < 1.29 is 9.53 Å². The lowest BCUT2D eigenvalue weighted by Crippen LogP contribution is -2.25. The van der Waals surface area contributed by atoms with E-state index in [4.69, 9.17) is 10.5 Å². The molecular formula is C12H15N7O2. The minimum Gasteiger partial charge on any atom is -0.497 e. The van der Waals surface area contributed by atoms with Gasteiger partial charge in [-0.15, -0.1) is 5.10 Å². The molecule has 1 aromatic carbocycles. The first kappa shape index (κ1) is 14.4. The van der Waals surface area contributed by atoms with Crippen molar-refractivity contribution >= 4 is 17.6 Å². The molecule has 0 aliphatic heterocycles. The fourth-order valence-corrected chi connectivity index (χ4v) is 1.53. The number of methoxy groups -OCH3 is 1.